The van der Waals surface area contributed by atoms with Gasteiger partial charge in [-0.15, -0.1) is 6.58 Å². The van der Waals surface area contributed by atoms with Crippen LogP contribution < -0.4 is 0 Å². The van der Waals surface area contributed by atoms with E-state index in [-0.39, 0.29) is 10.8 Å². The molecule has 4 nitrogen and oxygen atoms in total. The van der Waals surface area contributed by atoms with Gasteiger partial charge in [0.1, 0.15) is 0 Å². The molecule has 1 atom stereocenters. The van der Waals surface area contributed by atoms with Crippen molar-refractivity contribution >= 4 is 64.6 Å². The highest BCUT2D eigenvalue weighted by Crippen LogP contribution is 2.55. The molecular formula is C65H60O4. The highest BCUT2D eigenvalue weighted by atomic mass is 16.5. The monoisotopic (exact) mass is 904 g/mol. The lowest BCUT2D eigenvalue weighted by atomic mass is 9.73. The molecule has 0 amide bonds. The van der Waals surface area contributed by atoms with Gasteiger partial charge in [0, 0.05) is 22.9 Å². The van der Waals surface area contributed by atoms with Crippen LogP contribution in [0.25, 0.3) is 98.0 Å². The molecule has 10 aromatic carbocycles. The molecule has 2 aliphatic heterocycles. The van der Waals surface area contributed by atoms with E-state index in [1.54, 1.807) is 0 Å². The first-order chi connectivity index (χ1) is 33.8. The van der Waals surface area contributed by atoms with Crippen LogP contribution in [-0.4, -0.2) is 52.9 Å². The molecule has 0 bridgehead atoms. The van der Waals surface area contributed by atoms with Crippen molar-refractivity contribution in [1.29, 1.82) is 0 Å². The van der Waals surface area contributed by atoms with Crippen LogP contribution in [0, 0.1) is 17.8 Å². The predicted octanol–water partition coefficient (Wildman–Crippen LogP) is 15.8. The normalized spacial score (nSPS) is 18.1. The molecule has 2 heterocycles. The quantitative estimate of drug-likeness (QED) is 0.0550. The van der Waals surface area contributed by atoms with Gasteiger partial charge in [-0.2, -0.15) is 0 Å². The lowest BCUT2D eigenvalue weighted by molar-refractivity contribution is -0.150. The maximum Gasteiger partial charge on any atom is 0.0566 e. The maximum absolute atomic E-state index is 6.49. The van der Waals surface area contributed by atoms with Crippen LogP contribution >= 0.6 is 0 Å². The van der Waals surface area contributed by atoms with E-state index in [9.17, 15) is 0 Å². The van der Waals surface area contributed by atoms with Crippen LogP contribution in [0.1, 0.15) is 61.8 Å². The molecular weight excluding hydrogens is 845 g/mol. The van der Waals surface area contributed by atoms with E-state index < -0.39 is 5.41 Å². The molecule has 1 unspecified atom stereocenters. The van der Waals surface area contributed by atoms with Crippen LogP contribution in [0.3, 0.4) is 0 Å². The summed E-state index contributed by atoms with van der Waals surface area (Å²) in [4.78, 5) is 0. The molecule has 4 heteroatoms. The summed E-state index contributed by atoms with van der Waals surface area (Å²) in [6.07, 6.45) is 7.14. The molecule has 13 rings (SSSR count). The Morgan fingerprint density at radius 3 is 1.43 bits per heavy atom. The van der Waals surface area contributed by atoms with Crippen molar-refractivity contribution in [2.75, 3.05) is 52.9 Å². The van der Waals surface area contributed by atoms with E-state index in [1.165, 1.54) is 120 Å². The fourth-order valence-electron chi connectivity index (χ4n) is 12.7. The van der Waals surface area contributed by atoms with E-state index in [0.717, 1.165) is 78.4 Å². The molecule has 2 saturated heterocycles. The van der Waals surface area contributed by atoms with Crippen molar-refractivity contribution < 1.29 is 18.9 Å². The molecule has 69 heavy (non-hydrogen) atoms. The number of hydrogen-bond acceptors (Lipinski definition) is 4. The number of ether oxygens (including phenoxy) is 4. The average Bonchev–Trinajstić information content (AvgIpc) is 3.62. The molecule has 2 fully saturated rings. The third-order valence-electron chi connectivity index (χ3n) is 17.0. The zero-order chi connectivity index (χ0) is 46.5. The average molecular weight is 905 g/mol. The Hall–Kier alpha value is -6.14. The molecule has 3 aliphatic rings. The van der Waals surface area contributed by atoms with E-state index in [1.807, 2.05) is 0 Å². The lowest BCUT2D eigenvalue weighted by Crippen LogP contribution is -2.45. The molecule has 0 radical (unpaired) electrons. The van der Waals surface area contributed by atoms with Crippen LogP contribution in [0.4, 0.5) is 0 Å². The highest BCUT2D eigenvalue weighted by Gasteiger charge is 2.42. The predicted molar refractivity (Wildman–Crippen MR) is 288 cm³/mol. The minimum absolute atomic E-state index is 0.160. The van der Waals surface area contributed by atoms with Gasteiger partial charge >= 0.3 is 0 Å². The number of benzene rings is 10. The van der Waals surface area contributed by atoms with Crippen molar-refractivity contribution in [1.82, 2.24) is 0 Å². The smallest absolute Gasteiger partial charge is 0.0566 e. The van der Waals surface area contributed by atoms with Gasteiger partial charge in [0.25, 0.3) is 0 Å². The van der Waals surface area contributed by atoms with Gasteiger partial charge < -0.3 is 18.9 Å². The van der Waals surface area contributed by atoms with Crippen molar-refractivity contribution in [2.45, 2.75) is 58.3 Å². The lowest BCUT2D eigenvalue weighted by Gasteiger charge is -2.40. The molecule has 10 aromatic rings. The van der Waals surface area contributed by atoms with Gasteiger partial charge in [0.05, 0.1) is 46.2 Å². The number of hydrogen-bond donors (Lipinski definition) is 0. The summed E-state index contributed by atoms with van der Waals surface area (Å²) in [5.41, 5.74) is 12.8. The summed E-state index contributed by atoms with van der Waals surface area (Å²) < 4.78 is 23.9. The van der Waals surface area contributed by atoms with Gasteiger partial charge in [0.15, 0.2) is 0 Å². The van der Waals surface area contributed by atoms with Gasteiger partial charge in [-0.05, 0) is 171 Å². The van der Waals surface area contributed by atoms with Crippen LogP contribution in [0.5, 0.6) is 0 Å². The van der Waals surface area contributed by atoms with Gasteiger partial charge in [-0.1, -0.05) is 141 Å². The van der Waals surface area contributed by atoms with E-state index in [0.29, 0.717) is 6.61 Å². The standard InChI is InChI=1S/C65H60O4/c1-5-63(37-68-38-63)35-66-27-8-26-65(7-3)57-33-45(51-19-13-43-9-11-47-29-41(4)30-48-17-23-55(51)61(43)59(47)48)15-21-53(57)54-22-16-46(34-58(54)65)52-20-14-44-10-12-49-31-42(25-28-67-36-64(6-2)39-69-40-64)32-50-18-24-56(52)62(44)60(49)50/h7,9-24,29-34H,3,5-6,8,25-28,35-40H2,1-2,4H3. The summed E-state index contributed by atoms with van der Waals surface area (Å²) in [5, 5.41) is 15.7. The maximum atomic E-state index is 6.49. The summed E-state index contributed by atoms with van der Waals surface area (Å²) >= 11 is 0. The Labute approximate surface area is 405 Å². The van der Waals surface area contributed by atoms with Crippen molar-refractivity contribution in [2.24, 2.45) is 10.8 Å². The summed E-state index contributed by atoms with van der Waals surface area (Å²) in [7, 11) is 0. The SMILES string of the molecule is C=CC1(CCCOCC2(CC)COC2)c2cc(-c3ccc4ccc5cc(C)cc6ccc3c4c56)ccc2-c2ccc(-c3ccc4ccc5cc(CCOCC6(CC)COC6)cc6ccc3c4c56)cc21. The molecule has 344 valence electrons. The van der Waals surface area contributed by atoms with Gasteiger partial charge in [-0.25, -0.2) is 0 Å². The Morgan fingerprint density at radius 1 is 0.507 bits per heavy atom. The fourth-order valence-corrected chi connectivity index (χ4v) is 12.7. The van der Waals surface area contributed by atoms with Crippen molar-refractivity contribution in [3.8, 4) is 33.4 Å². The van der Waals surface area contributed by atoms with E-state index >= 15 is 0 Å². The first-order valence-electron chi connectivity index (χ1n) is 25.5. The number of fused-ring (bicyclic) bond motifs is 3. The third-order valence-corrected chi connectivity index (χ3v) is 17.0. The molecule has 1 aliphatic carbocycles. The van der Waals surface area contributed by atoms with Crippen LogP contribution in [0.2, 0.25) is 0 Å². The summed E-state index contributed by atoms with van der Waals surface area (Å²) in [6.45, 7) is 17.6. The molecule has 0 N–H and O–H groups in total. The Kier molecular flexibility index (Phi) is 10.3. The van der Waals surface area contributed by atoms with Crippen LogP contribution in [0.15, 0.2) is 146 Å². The Balaban J connectivity index is 0.882. The largest absolute Gasteiger partial charge is 0.381 e. The second kappa shape index (κ2) is 16.5. The minimum atomic E-state index is -0.407. The van der Waals surface area contributed by atoms with Gasteiger partial charge in [-0.3, -0.25) is 0 Å². The van der Waals surface area contributed by atoms with Crippen LogP contribution in [-0.2, 0) is 30.8 Å². The highest BCUT2D eigenvalue weighted by molar-refractivity contribution is 6.27. The summed E-state index contributed by atoms with van der Waals surface area (Å²) in [5.74, 6) is 0. The first-order valence-corrected chi connectivity index (χ1v) is 25.5. The van der Waals surface area contributed by atoms with E-state index in [2.05, 4.69) is 160 Å². The first kappa shape index (κ1) is 42.9. The number of aryl methyl sites for hydroxylation is 1. The molecule has 0 spiro atoms. The second-order valence-corrected chi connectivity index (χ2v) is 21.1. The summed E-state index contributed by atoms with van der Waals surface area (Å²) in [6, 6.07) is 51.8. The topological polar surface area (TPSA) is 36.9 Å². The zero-order valence-corrected chi connectivity index (χ0v) is 40.3. The fraction of sp³-hybridized carbons (Fsp3) is 0.292. The Morgan fingerprint density at radius 2 is 0.957 bits per heavy atom. The van der Waals surface area contributed by atoms with E-state index in [4.69, 9.17) is 25.5 Å². The second-order valence-electron chi connectivity index (χ2n) is 21.1. The minimum Gasteiger partial charge on any atom is -0.381 e. The Bertz CT molecular complexity index is 3580. The number of rotatable bonds is 16. The van der Waals surface area contributed by atoms with Crippen molar-refractivity contribution in [3.05, 3.63) is 168 Å². The molecule has 0 saturated carbocycles. The zero-order valence-electron chi connectivity index (χ0n) is 40.3. The third kappa shape index (κ3) is 6.78. The molecule has 0 aromatic heterocycles. The van der Waals surface area contributed by atoms with Crippen molar-refractivity contribution in [3.63, 3.8) is 0 Å². The number of allylic oxidation sites excluding steroid dienone is 1. The van der Waals surface area contributed by atoms with Gasteiger partial charge in [0.2, 0.25) is 0 Å².